The third kappa shape index (κ3) is 5.56. The van der Waals surface area contributed by atoms with E-state index in [4.69, 9.17) is 9.84 Å². The zero-order chi connectivity index (χ0) is 17.8. The highest BCUT2D eigenvalue weighted by molar-refractivity contribution is 5.67. The van der Waals surface area contributed by atoms with E-state index < -0.39 is 5.97 Å². The minimum Gasteiger partial charge on any atom is -0.493 e. The van der Waals surface area contributed by atoms with Crippen molar-refractivity contribution < 1.29 is 14.6 Å². The molecule has 0 aliphatic heterocycles. The quantitative estimate of drug-likeness (QED) is 0.794. The summed E-state index contributed by atoms with van der Waals surface area (Å²) in [5.41, 5.74) is 3.30. The fourth-order valence-corrected chi connectivity index (χ4v) is 2.56. The van der Waals surface area contributed by atoms with Crippen LogP contribution in [0.3, 0.4) is 0 Å². The molecule has 0 radical (unpaired) electrons. The number of ether oxygens (including phenoxy) is 1. The summed E-state index contributed by atoms with van der Waals surface area (Å²) >= 11 is 0. The molecule has 0 amide bonds. The maximum Gasteiger partial charge on any atom is 0.303 e. The van der Waals surface area contributed by atoms with Crippen molar-refractivity contribution in [2.24, 2.45) is 0 Å². The van der Waals surface area contributed by atoms with E-state index in [1.54, 1.807) is 0 Å². The number of rotatable bonds is 6. The van der Waals surface area contributed by atoms with Gasteiger partial charge in [0, 0.05) is 17.5 Å². The van der Waals surface area contributed by atoms with Gasteiger partial charge in [-0.1, -0.05) is 60.6 Å². The van der Waals surface area contributed by atoms with Gasteiger partial charge in [-0.05, 0) is 29.2 Å². The fourth-order valence-electron chi connectivity index (χ4n) is 2.56. The van der Waals surface area contributed by atoms with Gasteiger partial charge in [-0.2, -0.15) is 0 Å². The van der Waals surface area contributed by atoms with E-state index in [2.05, 4.69) is 60.6 Å². The molecular formula is C20H32O3. The molecule has 0 heterocycles. The number of hydrogen-bond acceptors (Lipinski definition) is 2. The van der Waals surface area contributed by atoms with Crippen LogP contribution < -0.4 is 4.74 Å². The second kappa shape index (κ2) is 7.37. The Bertz CT molecular complexity index is 510. The van der Waals surface area contributed by atoms with E-state index in [0.717, 1.165) is 17.7 Å². The number of carboxylic acid groups (broad SMARTS) is 1. The smallest absolute Gasteiger partial charge is 0.303 e. The number of carbonyl (C=O) groups is 1. The summed E-state index contributed by atoms with van der Waals surface area (Å²) in [6.45, 7) is 15.9. The summed E-state index contributed by atoms with van der Waals surface area (Å²) in [5, 5.41) is 8.98. The Morgan fingerprint density at radius 2 is 1.52 bits per heavy atom. The molecule has 0 atom stereocenters. The van der Waals surface area contributed by atoms with Crippen LogP contribution in [-0.2, 0) is 22.0 Å². The first-order valence-electron chi connectivity index (χ1n) is 8.49. The van der Waals surface area contributed by atoms with E-state index in [1.165, 1.54) is 11.1 Å². The Balaban J connectivity index is 3.48. The molecule has 0 saturated carbocycles. The maximum absolute atomic E-state index is 10.9. The van der Waals surface area contributed by atoms with Gasteiger partial charge in [-0.3, -0.25) is 4.79 Å². The normalized spacial score (nSPS) is 12.3. The standard InChI is InChI=1S/C20H32O3/c1-8-11-23-18-15(19(2,3)4)12-14(9-10-17(21)22)13-16(18)20(5,6)7/h12-13H,8-11H2,1-7H3,(H,21,22). The monoisotopic (exact) mass is 320 g/mol. The summed E-state index contributed by atoms with van der Waals surface area (Å²) in [5.74, 6) is 0.219. The molecule has 3 heteroatoms. The van der Waals surface area contributed by atoms with E-state index in [9.17, 15) is 4.79 Å². The average Bonchev–Trinajstić information content (AvgIpc) is 2.40. The maximum atomic E-state index is 10.9. The van der Waals surface area contributed by atoms with Crippen molar-refractivity contribution in [1.82, 2.24) is 0 Å². The molecule has 0 unspecified atom stereocenters. The molecule has 0 bridgehead atoms. The van der Waals surface area contributed by atoms with Crippen LogP contribution in [0.1, 0.15) is 78.0 Å². The van der Waals surface area contributed by atoms with Gasteiger partial charge in [-0.15, -0.1) is 0 Å². The van der Waals surface area contributed by atoms with Gasteiger partial charge < -0.3 is 9.84 Å². The van der Waals surface area contributed by atoms with Gasteiger partial charge in [0.25, 0.3) is 0 Å². The summed E-state index contributed by atoms with van der Waals surface area (Å²) < 4.78 is 6.13. The van der Waals surface area contributed by atoms with Crippen molar-refractivity contribution in [2.45, 2.75) is 78.6 Å². The predicted molar refractivity (Wildman–Crippen MR) is 95.6 cm³/mol. The fraction of sp³-hybridized carbons (Fsp3) is 0.650. The SMILES string of the molecule is CCCOc1c(C(C)(C)C)cc(CCC(=O)O)cc1C(C)(C)C. The number of hydrogen-bond donors (Lipinski definition) is 1. The Labute approximate surface area is 141 Å². The first-order chi connectivity index (χ1) is 10.5. The molecule has 0 saturated heterocycles. The molecule has 1 rings (SSSR count). The van der Waals surface area contributed by atoms with Crippen molar-refractivity contribution in [1.29, 1.82) is 0 Å². The van der Waals surface area contributed by atoms with Crippen LogP contribution in [0.25, 0.3) is 0 Å². The van der Waals surface area contributed by atoms with Crippen molar-refractivity contribution in [3.05, 3.63) is 28.8 Å². The molecular weight excluding hydrogens is 288 g/mol. The highest BCUT2D eigenvalue weighted by Gasteiger charge is 2.27. The Morgan fingerprint density at radius 1 is 1.04 bits per heavy atom. The minimum atomic E-state index is -0.758. The lowest BCUT2D eigenvalue weighted by molar-refractivity contribution is -0.136. The van der Waals surface area contributed by atoms with Crippen LogP contribution in [0.2, 0.25) is 0 Å². The molecule has 3 nitrogen and oxygen atoms in total. The molecule has 1 N–H and O–H groups in total. The third-order valence-corrected chi connectivity index (χ3v) is 3.84. The van der Waals surface area contributed by atoms with Crippen LogP contribution in [0.4, 0.5) is 0 Å². The summed E-state index contributed by atoms with van der Waals surface area (Å²) in [7, 11) is 0. The molecule has 0 fully saturated rings. The van der Waals surface area contributed by atoms with Crippen LogP contribution in [0.5, 0.6) is 5.75 Å². The lowest BCUT2D eigenvalue weighted by atomic mass is 9.78. The molecule has 0 aromatic heterocycles. The predicted octanol–water partition coefficient (Wildman–Crippen LogP) is 5.09. The number of benzene rings is 1. The molecule has 0 aliphatic carbocycles. The lowest BCUT2D eigenvalue weighted by Gasteiger charge is -2.30. The van der Waals surface area contributed by atoms with E-state index in [1.807, 2.05) is 0 Å². The van der Waals surface area contributed by atoms with Crippen LogP contribution in [-0.4, -0.2) is 17.7 Å². The summed E-state index contributed by atoms with van der Waals surface area (Å²) in [4.78, 5) is 10.9. The third-order valence-electron chi connectivity index (χ3n) is 3.84. The Morgan fingerprint density at radius 3 is 1.87 bits per heavy atom. The average molecular weight is 320 g/mol. The van der Waals surface area contributed by atoms with Gasteiger partial charge in [0.2, 0.25) is 0 Å². The highest BCUT2D eigenvalue weighted by Crippen LogP contribution is 2.41. The lowest BCUT2D eigenvalue weighted by Crippen LogP contribution is -2.21. The molecule has 0 spiro atoms. The van der Waals surface area contributed by atoms with Gasteiger partial charge in [0.1, 0.15) is 5.75 Å². The van der Waals surface area contributed by atoms with Gasteiger partial charge >= 0.3 is 5.97 Å². The van der Waals surface area contributed by atoms with Crippen molar-refractivity contribution >= 4 is 5.97 Å². The summed E-state index contributed by atoms with van der Waals surface area (Å²) in [6.07, 6.45) is 1.67. The first-order valence-corrected chi connectivity index (χ1v) is 8.49. The number of carboxylic acids is 1. The second-order valence-corrected chi connectivity index (χ2v) is 8.26. The largest absolute Gasteiger partial charge is 0.493 e. The van der Waals surface area contributed by atoms with E-state index in [0.29, 0.717) is 13.0 Å². The topological polar surface area (TPSA) is 46.5 Å². The van der Waals surface area contributed by atoms with E-state index >= 15 is 0 Å². The number of aryl methyl sites for hydroxylation is 1. The zero-order valence-electron chi connectivity index (χ0n) is 15.7. The van der Waals surface area contributed by atoms with Gasteiger partial charge in [0.15, 0.2) is 0 Å². The van der Waals surface area contributed by atoms with Crippen molar-refractivity contribution in [2.75, 3.05) is 6.61 Å². The van der Waals surface area contributed by atoms with Crippen molar-refractivity contribution in [3.63, 3.8) is 0 Å². The zero-order valence-corrected chi connectivity index (χ0v) is 15.7. The molecule has 130 valence electrons. The second-order valence-electron chi connectivity index (χ2n) is 8.26. The molecule has 1 aromatic rings. The van der Waals surface area contributed by atoms with Crippen LogP contribution in [0, 0.1) is 0 Å². The number of aliphatic carboxylic acids is 1. The Kier molecular flexibility index (Phi) is 6.26. The van der Waals surface area contributed by atoms with Crippen LogP contribution in [0.15, 0.2) is 12.1 Å². The summed E-state index contributed by atoms with van der Waals surface area (Å²) in [6, 6.07) is 4.26. The molecule has 0 aliphatic rings. The highest BCUT2D eigenvalue weighted by atomic mass is 16.5. The minimum absolute atomic E-state index is 0.0533. The van der Waals surface area contributed by atoms with E-state index in [-0.39, 0.29) is 17.3 Å². The van der Waals surface area contributed by atoms with Crippen molar-refractivity contribution in [3.8, 4) is 5.75 Å². The van der Waals surface area contributed by atoms with Crippen LogP contribution >= 0.6 is 0 Å². The molecule has 23 heavy (non-hydrogen) atoms. The first kappa shape index (κ1) is 19.5. The molecule has 1 aromatic carbocycles. The Hall–Kier alpha value is -1.51. The van der Waals surface area contributed by atoms with Gasteiger partial charge in [0.05, 0.1) is 6.61 Å². The van der Waals surface area contributed by atoms with Gasteiger partial charge in [-0.25, -0.2) is 0 Å².